The van der Waals surface area contributed by atoms with Crippen LogP contribution in [-0.4, -0.2) is 16.0 Å². The van der Waals surface area contributed by atoms with Crippen LogP contribution in [0, 0.1) is 0 Å². The Bertz CT molecular complexity index is 930. The lowest BCUT2D eigenvalue weighted by molar-refractivity contribution is 0.102. The smallest absolute Gasteiger partial charge is 0.277 e. The van der Waals surface area contributed by atoms with E-state index in [4.69, 9.17) is 39.8 Å². The van der Waals surface area contributed by atoms with Crippen LogP contribution in [0.25, 0.3) is 0 Å². The number of oxazole rings is 1. The van der Waals surface area contributed by atoms with E-state index in [1.807, 2.05) is 0 Å². The molecule has 2 aromatic carbocycles. The largest absolute Gasteiger partial charge is 0.451 e. The number of hydrogen-bond acceptors (Lipinski definition) is 4. The van der Waals surface area contributed by atoms with E-state index in [2.05, 4.69) is 20.9 Å². The molecule has 0 spiro atoms. The molecule has 0 fully saturated rings. The zero-order valence-corrected chi connectivity index (χ0v) is 15.5. The molecule has 0 bridgehead atoms. The number of anilines is 3. The average Bonchev–Trinajstić information content (AvgIpc) is 3.15. The highest BCUT2D eigenvalue weighted by Crippen LogP contribution is 2.25. The minimum atomic E-state index is -0.351. The normalized spacial score (nSPS) is 10.2. The first-order chi connectivity index (χ1) is 12.5. The van der Waals surface area contributed by atoms with Crippen molar-refractivity contribution in [1.82, 2.24) is 4.98 Å². The Labute approximate surface area is 164 Å². The molecule has 0 radical (unpaired) electrons. The molecule has 0 aliphatic rings. The van der Waals surface area contributed by atoms with E-state index in [0.29, 0.717) is 26.5 Å². The number of carbonyl (C=O) groups excluding carboxylic acids is 1. The molecule has 1 heterocycles. The number of rotatable bonds is 4. The van der Waals surface area contributed by atoms with Crippen molar-refractivity contribution in [3.05, 3.63) is 70.9 Å². The van der Waals surface area contributed by atoms with Crippen molar-refractivity contribution in [1.29, 1.82) is 0 Å². The summed E-state index contributed by atoms with van der Waals surface area (Å²) in [4.78, 5) is 15.7. The van der Waals surface area contributed by atoms with Gasteiger partial charge in [0.25, 0.3) is 5.91 Å². The zero-order valence-electron chi connectivity index (χ0n) is 13.1. The number of aromatic nitrogens is 1. The minimum absolute atomic E-state index is 0.208. The highest BCUT2D eigenvalue weighted by Gasteiger charge is 2.09. The Morgan fingerprint density at radius 3 is 2.15 bits per heavy atom. The third-order valence-electron chi connectivity index (χ3n) is 3.24. The maximum absolute atomic E-state index is 11.9. The molecule has 0 atom stereocenters. The topological polar surface area (TPSA) is 79.2 Å². The van der Waals surface area contributed by atoms with Crippen LogP contribution >= 0.6 is 35.4 Å². The van der Waals surface area contributed by atoms with Gasteiger partial charge in [-0.05, 0) is 54.7 Å². The number of carbonyl (C=O) groups is 1. The van der Waals surface area contributed by atoms with E-state index >= 15 is 0 Å². The Morgan fingerprint density at radius 1 is 0.923 bits per heavy atom. The van der Waals surface area contributed by atoms with Crippen LogP contribution in [0.4, 0.5) is 17.1 Å². The van der Waals surface area contributed by atoms with Crippen LogP contribution < -0.4 is 16.0 Å². The molecule has 0 saturated heterocycles. The van der Waals surface area contributed by atoms with Crippen molar-refractivity contribution >= 4 is 63.5 Å². The maximum Gasteiger partial charge on any atom is 0.277 e. The molecule has 6 nitrogen and oxygen atoms in total. The first-order valence-electron chi connectivity index (χ1n) is 7.34. The van der Waals surface area contributed by atoms with Crippen molar-refractivity contribution < 1.29 is 9.21 Å². The molecular formula is C17H12Cl2N4O2S. The number of halogens is 2. The van der Waals surface area contributed by atoms with Crippen LogP contribution in [0.15, 0.2) is 59.5 Å². The molecule has 3 rings (SSSR count). The van der Waals surface area contributed by atoms with Gasteiger partial charge in [0, 0.05) is 17.1 Å². The maximum atomic E-state index is 11.9. The summed E-state index contributed by atoms with van der Waals surface area (Å²) in [5.41, 5.74) is 2.29. The fourth-order valence-corrected chi connectivity index (χ4v) is 2.56. The van der Waals surface area contributed by atoms with Gasteiger partial charge in [0.15, 0.2) is 17.2 Å². The molecule has 26 heavy (non-hydrogen) atoms. The number of amides is 1. The SMILES string of the molecule is O=C(Nc1ccc(NC(=S)Nc2ccc(Cl)c(Cl)c2)cc1)c1cocn1. The summed E-state index contributed by atoms with van der Waals surface area (Å²) in [6.45, 7) is 0. The van der Waals surface area contributed by atoms with Crippen LogP contribution in [0.3, 0.4) is 0 Å². The highest BCUT2D eigenvalue weighted by molar-refractivity contribution is 7.80. The van der Waals surface area contributed by atoms with Gasteiger partial charge in [-0.2, -0.15) is 0 Å². The summed E-state index contributed by atoms with van der Waals surface area (Å²) in [6.07, 6.45) is 2.47. The predicted octanol–water partition coefficient (Wildman–Crippen LogP) is 5.04. The second-order valence-electron chi connectivity index (χ2n) is 5.11. The lowest BCUT2D eigenvalue weighted by Gasteiger charge is -2.12. The number of nitrogens with one attached hydrogen (secondary N) is 3. The fraction of sp³-hybridized carbons (Fsp3) is 0. The van der Waals surface area contributed by atoms with Crippen LogP contribution in [-0.2, 0) is 0 Å². The minimum Gasteiger partial charge on any atom is -0.451 e. The van der Waals surface area contributed by atoms with Gasteiger partial charge in [-0.3, -0.25) is 4.79 Å². The molecule has 3 N–H and O–H groups in total. The molecule has 132 valence electrons. The summed E-state index contributed by atoms with van der Waals surface area (Å²) in [7, 11) is 0. The van der Waals surface area contributed by atoms with E-state index in [1.54, 1.807) is 42.5 Å². The van der Waals surface area contributed by atoms with Crippen LogP contribution in [0.5, 0.6) is 0 Å². The highest BCUT2D eigenvalue weighted by atomic mass is 35.5. The molecule has 1 amide bonds. The standard InChI is InChI=1S/C17H12Cl2N4O2S/c18-13-6-5-12(7-14(13)19)23-17(26)22-11-3-1-10(2-4-11)21-16(24)15-8-25-9-20-15/h1-9H,(H,21,24)(H2,22,23,26). The van der Waals surface area contributed by atoms with Crippen molar-refractivity contribution in [2.45, 2.75) is 0 Å². The second kappa shape index (κ2) is 8.18. The van der Waals surface area contributed by atoms with Gasteiger partial charge in [0.05, 0.1) is 10.0 Å². The lowest BCUT2D eigenvalue weighted by Crippen LogP contribution is -2.19. The molecule has 0 saturated carbocycles. The molecule has 1 aromatic heterocycles. The second-order valence-corrected chi connectivity index (χ2v) is 6.34. The predicted molar refractivity (Wildman–Crippen MR) is 107 cm³/mol. The monoisotopic (exact) mass is 406 g/mol. The van der Waals surface area contributed by atoms with Crippen molar-refractivity contribution in [3.63, 3.8) is 0 Å². The quantitative estimate of drug-likeness (QED) is 0.526. The van der Waals surface area contributed by atoms with Gasteiger partial charge in [-0.25, -0.2) is 4.98 Å². The Kier molecular flexibility index (Phi) is 5.72. The first-order valence-corrected chi connectivity index (χ1v) is 8.50. The van der Waals surface area contributed by atoms with Crippen molar-refractivity contribution in [3.8, 4) is 0 Å². The fourth-order valence-electron chi connectivity index (χ4n) is 2.02. The summed E-state index contributed by atoms with van der Waals surface area (Å²) >= 11 is 17.1. The number of nitrogens with zero attached hydrogens (tertiary/aromatic N) is 1. The van der Waals surface area contributed by atoms with Crippen LogP contribution in [0.2, 0.25) is 10.0 Å². The van der Waals surface area contributed by atoms with E-state index < -0.39 is 0 Å². The number of thiocarbonyl (C=S) groups is 1. The van der Waals surface area contributed by atoms with Gasteiger partial charge in [-0.15, -0.1) is 0 Å². The molecule has 0 aliphatic carbocycles. The zero-order chi connectivity index (χ0) is 18.5. The lowest BCUT2D eigenvalue weighted by atomic mass is 10.2. The third kappa shape index (κ3) is 4.72. The Hall–Kier alpha value is -2.61. The average molecular weight is 407 g/mol. The van der Waals surface area contributed by atoms with Gasteiger partial charge in [0.2, 0.25) is 0 Å². The summed E-state index contributed by atoms with van der Waals surface area (Å²) in [5, 5.41) is 10.1. The Balaban J connectivity index is 1.57. The molecule has 0 aliphatic heterocycles. The van der Waals surface area contributed by atoms with E-state index in [0.717, 1.165) is 5.69 Å². The summed E-state index contributed by atoms with van der Waals surface area (Å²) in [6, 6.07) is 12.2. The van der Waals surface area contributed by atoms with Crippen molar-refractivity contribution in [2.24, 2.45) is 0 Å². The van der Waals surface area contributed by atoms with Gasteiger partial charge in [0.1, 0.15) is 6.26 Å². The molecular weight excluding hydrogens is 395 g/mol. The summed E-state index contributed by atoms with van der Waals surface area (Å²) in [5.74, 6) is -0.351. The van der Waals surface area contributed by atoms with E-state index in [9.17, 15) is 4.79 Å². The van der Waals surface area contributed by atoms with Gasteiger partial charge < -0.3 is 20.4 Å². The first kappa shape index (κ1) is 18.2. The van der Waals surface area contributed by atoms with E-state index in [-0.39, 0.29) is 11.6 Å². The number of hydrogen-bond donors (Lipinski definition) is 3. The molecule has 9 heteroatoms. The number of benzene rings is 2. The van der Waals surface area contributed by atoms with E-state index in [1.165, 1.54) is 12.7 Å². The van der Waals surface area contributed by atoms with Gasteiger partial charge >= 0.3 is 0 Å². The Morgan fingerprint density at radius 2 is 1.54 bits per heavy atom. The van der Waals surface area contributed by atoms with Crippen molar-refractivity contribution in [2.75, 3.05) is 16.0 Å². The van der Waals surface area contributed by atoms with Crippen LogP contribution in [0.1, 0.15) is 10.5 Å². The third-order valence-corrected chi connectivity index (χ3v) is 4.19. The molecule has 0 unspecified atom stereocenters. The summed E-state index contributed by atoms with van der Waals surface area (Å²) < 4.78 is 4.78. The molecule has 3 aromatic rings. The van der Waals surface area contributed by atoms with Gasteiger partial charge in [-0.1, -0.05) is 23.2 Å².